The average molecular weight is 226 g/mol. The molecule has 2 rings (SSSR count). The van der Waals surface area contributed by atoms with Crippen LogP contribution < -0.4 is 4.90 Å². The van der Waals surface area contributed by atoms with E-state index in [4.69, 9.17) is 5.11 Å². The van der Waals surface area contributed by atoms with Crippen molar-refractivity contribution in [3.63, 3.8) is 0 Å². The van der Waals surface area contributed by atoms with Crippen molar-refractivity contribution in [1.82, 2.24) is 4.98 Å². The van der Waals surface area contributed by atoms with Crippen LogP contribution in [0.4, 0.5) is 5.13 Å². The number of piperidine rings is 1. The van der Waals surface area contributed by atoms with Crippen LogP contribution in [-0.2, 0) is 6.42 Å². The zero-order valence-electron chi connectivity index (χ0n) is 9.15. The predicted octanol–water partition coefficient (Wildman–Crippen LogP) is 1.91. The summed E-state index contributed by atoms with van der Waals surface area (Å²) in [5, 5.41) is 12.4. The van der Waals surface area contributed by atoms with Crippen molar-refractivity contribution in [3.8, 4) is 0 Å². The van der Waals surface area contributed by atoms with Crippen LogP contribution in [-0.4, -0.2) is 29.8 Å². The SMILES string of the molecule is CCc1csc(N2CCC(CO)CC2)n1. The highest BCUT2D eigenvalue weighted by Gasteiger charge is 2.20. The summed E-state index contributed by atoms with van der Waals surface area (Å²) in [5.74, 6) is 0.506. The average Bonchev–Trinajstić information content (AvgIpc) is 2.78. The van der Waals surface area contributed by atoms with E-state index in [-0.39, 0.29) is 0 Å². The Labute approximate surface area is 94.8 Å². The van der Waals surface area contributed by atoms with E-state index in [9.17, 15) is 0 Å². The Morgan fingerprint density at radius 1 is 1.53 bits per heavy atom. The number of aryl methyl sites for hydroxylation is 1. The van der Waals surface area contributed by atoms with Gasteiger partial charge in [-0.25, -0.2) is 4.98 Å². The van der Waals surface area contributed by atoms with Crippen LogP contribution in [0.25, 0.3) is 0 Å². The molecule has 1 N–H and O–H groups in total. The first-order chi connectivity index (χ1) is 7.33. The maximum atomic E-state index is 9.06. The topological polar surface area (TPSA) is 36.4 Å². The number of aliphatic hydroxyl groups excluding tert-OH is 1. The molecule has 1 aliphatic heterocycles. The number of anilines is 1. The lowest BCUT2D eigenvalue weighted by Gasteiger charge is -2.30. The summed E-state index contributed by atoms with van der Waals surface area (Å²) < 4.78 is 0. The molecule has 1 saturated heterocycles. The highest BCUT2D eigenvalue weighted by molar-refractivity contribution is 7.13. The maximum absolute atomic E-state index is 9.06. The van der Waals surface area contributed by atoms with Crippen molar-refractivity contribution >= 4 is 16.5 Å². The van der Waals surface area contributed by atoms with Gasteiger partial charge in [-0.15, -0.1) is 11.3 Å². The van der Waals surface area contributed by atoms with E-state index in [0.29, 0.717) is 12.5 Å². The summed E-state index contributed by atoms with van der Waals surface area (Å²) in [6.07, 6.45) is 3.21. The second-order valence-electron chi connectivity index (χ2n) is 4.09. The highest BCUT2D eigenvalue weighted by Crippen LogP contribution is 2.26. The number of rotatable bonds is 3. The van der Waals surface area contributed by atoms with Gasteiger partial charge in [0.25, 0.3) is 0 Å². The first-order valence-electron chi connectivity index (χ1n) is 5.63. The summed E-state index contributed by atoms with van der Waals surface area (Å²) in [5.41, 5.74) is 1.19. The standard InChI is InChI=1S/C11H18N2OS/c1-2-10-8-15-11(12-10)13-5-3-9(7-14)4-6-13/h8-9,14H,2-7H2,1H3. The van der Waals surface area contributed by atoms with Gasteiger partial charge in [0.15, 0.2) is 5.13 Å². The van der Waals surface area contributed by atoms with Gasteiger partial charge in [0, 0.05) is 25.1 Å². The molecule has 0 aliphatic carbocycles. The van der Waals surface area contributed by atoms with Crippen molar-refractivity contribution in [2.75, 3.05) is 24.6 Å². The minimum absolute atomic E-state index is 0.339. The van der Waals surface area contributed by atoms with Crippen LogP contribution >= 0.6 is 11.3 Å². The minimum atomic E-state index is 0.339. The van der Waals surface area contributed by atoms with Gasteiger partial charge in [0.1, 0.15) is 0 Å². The Morgan fingerprint density at radius 2 is 2.27 bits per heavy atom. The molecule has 0 bridgehead atoms. The molecule has 2 heterocycles. The van der Waals surface area contributed by atoms with Crippen LogP contribution in [0.5, 0.6) is 0 Å². The van der Waals surface area contributed by atoms with Crippen LogP contribution in [0.1, 0.15) is 25.5 Å². The first kappa shape index (κ1) is 10.9. The van der Waals surface area contributed by atoms with E-state index in [1.807, 2.05) is 0 Å². The minimum Gasteiger partial charge on any atom is -0.396 e. The summed E-state index contributed by atoms with van der Waals surface area (Å²) in [7, 11) is 0. The van der Waals surface area contributed by atoms with E-state index >= 15 is 0 Å². The monoisotopic (exact) mass is 226 g/mol. The Morgan fingerprint density at radius 3 is 2.80 bits per heavy atom. The third-order valence-electron chi connectivity index (χ3n) is 3.05. The molecule has 84 valence electrons. The van der Waals surface area contributed by atoms with Gasteiger partial charge in [-0.05, 0) is 25.2 Å². The van der Waals surface area contributed by atoms with Crippen LogP contribution in [0.2, 0.25) is 0 Å². The first-order valence-corrected chi connectivity index (χ1v) is 6.51. The van der Waals surface area contributed by atoms with Gasteiger partial charge in [-0.2, -0.15) is 0 Å². The summed E-state index contributed by atoms with van der Waals surface area (Å²) in [6.45, 7) is 4.56. The van der Waals surface area contributed by atoms with Crippen molar-refractivity contribution in [3.05, 3.63) is 11.1 Å². The Hall–Kier alpha value is -0.610. The van der Waals surface area contributed by atoms with Gasteiger partial charge in [-0.3, -0.25) is 0 Å². The van der Waals surface area contributed by atoms with Crippen LogP contribution in [0.3, 0.4) is 0 Å². The van der Waals surface area contributed by atoms with Gasteiger partial charge in [0.05, 0.1) is 5.69 Å². The van der Waals surface area contributed by atoms with E-state index in [0.717, 1.165) is 37.5 Å². The van der Waals surface area contributed by atoms with Crippen molar-refractivity contribution < 1.29 is 5.11 Å². The fourth-order valence-electron chi connectivity index (χ4n) is 1.91. The van der Waals surface area contributed by atoms with E-state index in [1.165, 1.54) is 5.69 Å². The third kappa shape index (κ3) is 2.49. The lowest BCUT2D eigenvalue weighted by Crippen LogP contribution is -2.34. The Balaban J connectivity index is 1.95. The fourth-order valence-corrected chi connectivity index (χ4v) is 2.87. The van der Waals surface area contributed by atoms with Crippen LogP contribution in [0.15, 0.2) is 5.38 Å². The molecule has 1 fully saturated rings. The molecule has 0 radical (unpaired) electrons. The molecule has 3 nitrogen and oxygen atoms in total. The fraction of sp³-hybridized carbons (Fsp3) is 0.727. The Kier molecular flexibility index (Phi) is 3.59. The largest absolute Gasteiger partial charge is 0.396 e. The summed E-state index contributed by atoms with van der Waals surface area (Å²) in [6, 6.07) is 0. The van der Waals surface area contributed by atoms with E-state index in [1.54, 1.807) is 11.3 Å². The molecular weight excluding hydrogens is 208 g/mol. The third-order valence-corrected chi connectivity index (χ3v) is 4.00. The molecule has 1 aliphatic rings. The molecule has 0 spiro atoms. The van der Waals surface area contributed by atoms with Gasteiger partial charge in [0.2, 0.25) is 0 Å². The predicted molar refractivity (Wildman–Crippen MR) is 63.5 cm³/mol. The molecule has 1 aromatic rings. The number of hydrogen-bond donors (Lipinski definition) is 1. The summed E-state index contributed by atoms with van der Waals surface area (Å²) in [4.78, 5) is 6.93. The number of nitrogens with zero attached hydrogens (tertiary/aromatic N) is 2. The quantitative estimate of drug-likeness (QED) is 0.855. The second-order valence-corrected chi connectivity index (χ2v) is 4.92. The zero-order valence-corrected chi connectivity index (χ0v) is 9.96. The van der Waals surface area contributed by atoms with E-state index < -0.39 is 0 Å². The molecular formula is C11H18N2OS. The van der Waals surface area contributed by atoms with Crippen molar-refractivity contribution in [2.45, 2.75) is 26.2 Å². The number of aromatic nitrogens is 1. The molecule has 15 heavy (non-hydrogen) atoms. The number of thiazole rings is 1. The number of hydrogen-bond acceptors (Lipinski definition) is 4. The second kappa shape index (κ2) is 4.94. The van der Waals surface area contributed by atoms with E-state index in [2.05, 4.69) is 22.2 Å². The molecule has 1 aromatic heterocycles. The molecule has 0 saturated carbocycles. The molecule has 0 amide bonds. The molecule has 4 heteroatoms. The van der Waals surface area contributed by atoms with Gasteiger partial charge >= 0.3 is 0 Å². The number of aliphatic hydroxyl groups is 1. The maximum Gasteiger partial charge on any atom is 0.185 e. The lowest BCUT2D eigenvalue weighted by molar-refractivity contribution is 0.203. The van der Waals surface area contributed by atoms with Crippen LogP contribution in [0, 0.1) is 5.92 Å². The lowest BCUT2D eigenvalue weighted by atomic mass is 9.98. The molecule has 0 unspecified atom stereocenters. The normalized spacial score (nSPS) is 18.4. The van der Waals surface area contributed by atoms with Gasteiger partial charge in [-0.1, -0.05) is 6.92 Å². The van der Waals surface area contributed by atoms with Gasteiger partial charge < -0.3 is 10.0 Å². The van der Waals surface area contributed by atoms with Crippen molar-refractivity contribution in [2.24, 2.45) is 5.92 Å². The van der Waals surface area contributed by atoms with Crippen molar-refractivity contribution in [1.29, 1.82) is 0 Å². The molecule has 0 atom stereocenters. The molecule has 0 aromatic carbocycles. The summed E-state index contributed by atoms with van der Waals surface area (Å²) >= 11 is 1.74. The zero-order chi connectivity index (χ0) is 10.7. The highest BCUT2D eigenvalue weighted by atomic mass is 32.1. The smallest absolute Gasteiger partial charge is 0.185 e. The Bertz CT molecular complexity index is 305.